The Kier molecular flexibility index (Phi) is 3.72. The molecular formula is C13H19N3O2. The largest absolute Gasteiger partial charge is 0.482 e. The number of fused-ring (bicyclic) bond motifs is 1. The molecule has 0 saturated heterocycles. The molecule has 1 heterocycles. The Morgan fingerprint density at radius 2 is 2.28 bits per heavy atom. The molecule has 18 heavy (non-hydrogen) atoms. The van der Waals surface area contributed by atoms with Crippen molar-refractivity contribution in [3.8, 4) is 5.75 Å². The summed E-state index contributed by atoms with van der Waals surface area (Å²) in [6.45, 7) is 4.89. The lowest BCUT2D eigenvalue weighted by molar-refractivity contribution is -0.118. The van der Waals surface area contributed by atoms with Gasteiger partial charge in [-0.2, -0.15) is 0 Å². The van der Waals surface area contributed by atoms with E-state index in [2.05, 4.69) is 24.5 Å². The van der Waals surface area contributed by atoms with Crippen LogP contribution in [0.25, 0.3) is 0 Å². The zero-order chi connectivity index (χ0) is 13.1. The van der Waals surface area contributed by atoms with Crippen LogP contribution in [0.3, 0.4) is 0 Å². The third-order valence-corrected chi connectivity index (χ3v) is 3.02. The summed E-state index contributed by atoms with van der Waals surface area (Å²) in [5.74, 6) is 1.02. The van der Waals surface area contributed by atoms with Gasteiger partial charge in [0.15, 0.2) is 6.61 Å². The van der Waals surface area contributed by atoms with Crippen molar-refractivity contribution in [1.29, 1.82) is 0 Å². The number of ether oxygens (including phenoxy) is 1. The molecule has 0 spiro atoms. The SMILES string of the molecule is CC(C)C(CN)Nc1ccc2c(c1)NC(=O)CO2. The van der Waals surface area contributed by atoms with Gasteiger partial charge in [-0.05, 0) is 24.1 Å². The van der Waals surface area contributed by atoms with Crippen molar-refractivity contribution in [2.75, 3.05) is 23.8 Å². The van der Waals surface area contributed by atoms with E-state index >= 15 is 0 Å². The number of hydrogen-bond acceptors (Lipinski definition) is 4. The highest BCUT2D eigenvalue weighted by atomic mass is 16.5. The van der Waals surface area contributed by atoms with Crippen LogP contribution in [-0.2, 0) is 4.79 Å². The highest BCUT2D eigenvalue weighted by Crippen LogP contribution is 2.30. The van der Waals surface area contributed by atoms with E-state index in [0.717, 1.165) is 5.69 Å². The maximum atomic E-state index is 11.2. The van der Waals surface area contributed by atoms with Crippen LogP contribution in [0.15, 0.2) is 18.2 Å². The van der Waals surface area contributed by atoms with Gasteiger partial charge in [0, 0.05) is 18.3 Å². The van der Waals surface area contributed by atoms with E-state index in [1.165, 1.54) is 0 Å². The first-order valence-electron chi connectivity index (χ1n) is 6.13. The number of hydrogen-bond donors (Lipinski definition) is 3. The molecule has 0 aromatic heterocycles. The summed E-state index contributed by atoms with van der Waals surface area (Å²) >= 11 is 0. The lowest BCUT2D eigenvalue weighted by atomic mass is 10.0. The number of rotatable bonds is 4. The van der Waals surface area contributed by atoms with Gasteiger partial charge >= 0.3 is 0 Å². The number of carbonyl (C=O) groups excluding carboxylic acids is 1. The van der Waals surface area contributed by atoms with Crippen LogP contribution in [0, 0.1) is 5.92 Å². The Bertz CT molecular complexity index is 446. The Labute approximate surface area is 107 Å². The van der Waals surface area contributed by atoms with Crippen LogP contribution in [0.1, 0.15) is 13.8 Å². The highest BCUT2D eigenvalue weighted by Gasteiger charge is 2.17. The quantitative estimate of drug-likeness (QED) is 0.754. The minimum absolute atomic E-state index is 0.0805. The third kappa shape index (κ3) is 2.73. The van der Waals surface area contributed by atoms with Gasteiger partial charge in [-0.1, -0.05) is 13.8 Å². The Balaban J connectivity index is 2.15. The first-order chi connectivity index (χ1) is 8.60. The fraction of sp³-hybridized carbons (Fsp3) is 0.462. The standard InChI is InChI=1S/C13H19N3O2/c1-8(2)11(6-14)15-9-3-4-12-10(5-9)16-13(17)7-18-12/h3-5,8,11,15H,6-7,14H2,1-2H3,(H,16,17). The second-order valence-corrected chi connectivity index (χ2v) is 4.78. The van der Waals surface area contributed by atoms with E-state index in [4.69, 9.17) is 10.5 Å². The molecule has 1 unspecified atom stereocenters. The maximum absolute atomic E-state index is 11.2. The van der Waals surface area contributed by atoms with Crippen molar-refractivity contribution >= 4 is 17.3 Å². The molecule has 0 saturated carbocycles. The molecule has 5 heteroatoms. The van der Waals surface area contributed by atoms with E-state index < -0.39 is 0 Å². The van der Waals surface area contributed by atoms with Gasteiger partial charge in [0.2, 0.25) is 0 Å². The van der Waals surface area contributed by atoms with Crippen molar-refractivity contribution in [1.82, 2.24) is 0 Å². The summed E-state index contributed by atoms with van der Waals surface area (Å²) < 4.78 is 5.30. The molecule has 1 aromatic rings. The zero-order valence-corrected chi connectivity index (χ0v) is 10.7. The molecule has 1 atom stereocenters. The van der Waals surface area contributed by atoms with Crippen LogP contribution in [-0.4, -0.2) is 25.1 Å². The van der Waals surface area contributed by atoms with Gasteiger partial charge in [0.1, 0.15) is 5.75 Å². The summed E-state index contributed by atoms with van der Waals surface area (Å²) in [6.07, 6.45) is 0. The second-order valence-electron chi connectivity index (χ2n) is 4.78. The van der Waals surface area contributed by atoms with Crippen molar-refractivity contribution in [3.63, 3.8) is 0 Å². The van der Waals surface area contributed by atoms with Crippen LogP contribution in [0.2, 0.25) is 0 Å². The van der Waals surface area contributed by atoms with Gasteiger partial charge in [-0.15, -0.1) is 0 Å². The predicted octanol–water partition coefficient (Wildman–Crippen LogP) is 1.41. The van der Waals surface area contributed by atoms with Gasteiger partial charge in [-0.3, -0.25) is 4.79 Å². The topological polar surface area (TPSA) is 76.4 Å². The molecule has 1 aromatic carbocycles. The summed E-state index contributed by atoms with van der Waals surface area (Å²) in [4.78, 5) is 11.2. The van der Waals surface area contributed by atoms with E-state index in [1.807, 2.05) is 18.2 Å². The van der Waals surface area contributed by atoms with Crippen LogP contribution < -0.4 is 21.1 Å². The number of nitrogens with one attached hydrogen (secondary N) is 2. The number of benzene rings is 1. The third-order valence-electron chi connectivity index (χ3n) is 3.02. The van der Waals surface area contributed by atoms with E-state index in [9.17, 15) is 4.79 Å². The van der Waals surface area contributed by atoms with E-state index in [1.54, 1.807) is 0 Å². The number of carbonyl (C=O) groups is 1. The molecule has 2 rings (SSSR count). The van der Waals surface area contributed by atoms with Crippen LogP contribution >= 0.6 is 0 Å². The van der Waals surface area contributed by atoms with Crippen LogP contribution in [0.5, 0.6) is 5.75 Å². The molecule has 0 radical (unpaired) electrons. The molecule has 1 aliphatic heterocycles. The summed E-state index contributed by atoms with van der Waals surface area (Å²) in [5.41, 5.74) is 7.36. The second kappa shape index (κ2) is 5.27. The van der Waals surface area contributed by atoms with Gasteiger partial charge < -0.3 is 21.1 Å². The van der Waals surface area contributed by atoms with Crippen molar-refractivity contribution in [2.45, 2.75) is 19.9 Å². The predicted molar refractivity (Wildman–Crippen MR) is 71.9 cm³/mol. The number of anilines is 2. The number of nitrogens with two attached hydrogens (primary N) is 1. The first-order valence-corrected chi connectivity index (χ1v) is 6.13. The lowest BCUT2D eigenvalue weighted by Gasteiger charge is -2.24. The lowest BCUT2D eigenvalue weighted by Crippen LogP contribution is -2.33. The smallest absolute Gasteiger partial charge is 0.262 e. The van der Waals surface area contributed by atoms with Gasteiger partial charge in [0.25, 0.3) is 5.91 Å². The van der Waals surface area contributed by atoms with Crippen molar-refractivity contribution in [2.24, 2.45) is 11.7 Å². The van der Waals surface area contributed by atoms with Crippen molar-refractivity contribution < 1.29 is 9.53 Å². The Morgan fingerprint density at radius 1 is 1.50 bits per heavy atom. The molecule has 0 fully saturated rings. The molecule has 5 nitrogen and oxygen atoms in total. The minimum Gasteiger partial charge on any atom is -0.482 e. The average Bonchev–Trinajstić information content (AvgIpc) is 2.35. The molecule has 0 aliphatic carbocycles. The summed E-state index contributed by atoms with van der Waals surface area (Å²) in [6, 6.07) is 5.87. The van der Waals surface area contributed by atoms with E-state index in [0.29, 0.717) is 23.9 Å². The zero-order valence-electron chi connectivity index (χ0n) is 10.7. The maximum Gasteiger partial charge on any atom is 0.262 e. The normalized spacial score (nSPS) is 15.7. The van der Waals surface area contributed by atoms with Gasteiger partial charge in [-0.25, -0.2) is 0 Å². The molecule has 98 valence electrons. The Hall–Kier alpha value is -1.75. The number of amides is 1. The molecule has 4 N–H and O–H groups in total. The first kappa shape index (κ1) is 12.7. The Morgan fingerprint density at radius 3 is 2.94 bits per heavy atom. The fourth-order valence-electron chi connectivity index (χ4n) is 1.88. The fourth-order valence-corrected chi connectivity index (χ4v) is 1.88. The van der Waals surface area contributed by atoms with E-state index in [-0.39, 0.29) is 18.6 Å². The molecule has 0 bridgehead atoms. The van der Waals surface area contributed by atoms with Crippen molar-refractivity contribution in [3.05, 3.63) is 18.2 Å². The summed E-state index contributed by atoms with van der Waals surface area (Å²) in [5, 5.41) is 6.15. The average molecular weight is 249 g/mol. The highest BCUT2D eigenvalue weighted by molar-refractivity contribution is 5.96. The summed E-state index contributed by atoms with van der Waals surface area (Å²) in [7, 11) is 0. The van der Waals surface area contributed by atoms with Crippen LogP contribution in [0.4, 0.5) is 11.4 Å². The van der Waals surface area contributed by atoms with Gasteiger partial charge in [0.05, 0.1) is 5.69 Å². The molecule has 1 aliphatic rings. The minimum atomic E-state index is -0.126. The monoisotopic (exact) mass is 249 g/mol. The molecule has 1 amide bonds. The molecular weight excluding hydrogens is 230 g/mol.